The molecule has 1 saturated carbocycles. The summed E-state index contributed by atoms with van der Waals surface area (Å²) in [5.41, 5.74) is 5.81. The largest absolute Gasteiger partial charge is 0.497 e. The molecule has 288 valence electrons. The van der Waals surface area contributed by atoms with Crippen molar-refractivity contribution in [2.75, 3.05) is 33.9 Å². The number of nitrogens with one attached hydrogen (secondary N) is 4. The SMILES string of the molecule is CCCC(NC(=O)C1CCCN1C(=O)C(NC(=O)OCC(C)C)C1CCCCC1)C(=O)C(=O)NCC(=O)NC(C(N)=O)c1cc(OC)cc(OC)c1. The number of hydrogen-bond donors (Lipinski definition) is 5. The zero-order valence-electron chi connectivity index (χ0n) is 30.8. The van der Waals surface area contributed by atoms with E-state index in [2.05, 4.69) is 21.3 Å². The molecule has 0 radical (unpaired) electrons. The summed E-state index contributed by atoms with van der Waals surface area (Å²) in [7, 11) is 2.84. The summed E-state index contributed by atoms with van der Waals surface area (Å²) in [6.07, 6.45) is 5.16. The quantitative estimate of drug-likeness (QED) is 0.137. The van der Waals surface area contributed by atoms with E-state index in [9.17, 15) is 33.6 Å². The number of hydrogen-bond acceptors (Lipinski definition) is 10. The molecule has 2 fully saturated rings. The third kappa shape index (κ3) is 11.8. The van der Waals surface area contributed by atoms with Crippen LogP contribution in [0.25, 0.3) is 0 Å². The van der Waals surface area contributed by atoms with E-state index in [0.717, 1.165) is 32.1 Å². The van der Waals surface area contributed by atoms with Crippen LogP contribution in [0.15, 0.2) is 18.2 Å². The van der Waals surface area contributed by atoms with Crippen molar-refractivity contribution in [3.05, 3.63) is 23.8 Å². The first-order valence-electron chi connectivity index (χ1n) is 18.0. The van der Waals surface area contributed by atoms with E-state index >= 15 is 0 Å². The van der Waals surface area contributed by atoms with Crippen molar-refractivity contribution in [3.63, 3.8) is 0 Å². The number of methoxy groups -OCH3 is 2. The summed E-state index contributed by atoms with van der Waals surface area (Å²) in [4.78, 5) is 92.9. The van der Waals surface area contributed by atoms with Crippen LogP contribution in [0.1, 0.15) is 90.2 Å². The molecule has 16 nitrogen and oxygen atoms in total. The van der Waals surface area contributed by atoms with Crippen molar-refractivity contribution in [1.82, 2.24) is 26.2 Å². The second-order valence-corrected chi connectivity index (χ2v) is 13.6. The highest BCUT2D eigenvalue weighted by Gasteiger charge is 2.42. The number of carbonyl (C=O) groups excluding carboxylic acids is 7. The molecule has 6 amide bonds. The molecule has 52 heavy (non-hydrogen) atoms. The second-order valence-electron chi connectivity index (χ2n) is 13.6. The minimum atomic E-state index is -1.30. The molecule has 0 spiro atoms. The molecule has 1 saturated heterocycles. The number of Topliss-reactive ketones (excluding diaryl/α,β-unsaturated/α-hetero) is 1. The van der Waals surface area contributed by atoms with E-state index in [1.54, 1.807) is 13.0 Å². The highest BCUT2D eigenvalue weighted by atomic mass is 16.5. The molecule has 1 aliphatic carbocycles. The third-order valence-electron chi connectivity index (χ3n) is 9.19. The van der Waals surface area contributed by atoms with Crippen molar-refractivity contribution in [2.45, 2.75) is 103 Å². The molecule has 2 aliphatic rings. The summed E-state index contributed by atoms with van der Waals surface area (Å²) >= 11 is 0. The molecule has 6 N–H and O–H groups in total. The van der Waals surface area contributed by atoms with Gasteiger partial charge >= 0.3 is 6.09 Å². The van der Waals surface area contributed by atoms with Gasteiger partial charge in [-0.25, -0.2) is 4.79 Å². The van der Waals surface area contributed by atoms with Crippen LogP contribution in [0.4, 0.5) is 4.79 Å². The lowest BCUT2D eigenvalue weighted by Crippen LogP contribution is -2.58. The second kappa shape index (κ2) is 20.2. The minimum absolute atomic E-state index is 0.107. The van der Waals surface area contributed by atoms with E-state index in [4.69, 9.17) is 19.9 Å². The first-order valence-corrected chi connectivity index (χ1v) is 18.0. The Morgan fingerprint density at radius 1 is 0.885 bits per heavy atom. The number of rotatable bonds is 18. The zero-order valence-corrected chi connectivity index (χ0v) is 30.8. The molecule has 1 aromatic rings. The molecule has 1 heterocycles. The minimum Gasteiger partial charge on any atom is -0.497 e. The van der Waals surface area contributed by atoms with Gasteiger partial charge in [-0.05, 0) is 61.6 Å². The smallest absolute Gasteiger partial charge is 0.407 e. The Morgan fingerprint density at radius 2 is 1.54 bits per heavy atom. The normalized spacial score (nSPS) is 17.7. The molecular formula is C36H54N6O10. The van der Waals surface area contributed by atoms with Gasteiger partial charge in [0, 0.05) is 12.6 Å². The number of carbonyl (C=O) groups is 7. The number of alkyl carbamates (subject to hydrolysis) is 1. The van der Waals surface area contributed by atoms with Gasteiger partial charge in [-0.1, -0.05) is 46.5 Å². The predicted molar refractivity (Wildman–Crippen MR) is 189 cm³/mol. The average Bonchev–Trinajstić information content (AvgIpc) is 3.64. The Bertz CT molecular complexity index is 1420. The average molecular weight is 731 g/mol. The monoisotopic (exact) mass is 730 g/mol. The van der Waals surface area contributed by atoms with Crippen molar-refractivity contribution in [3.8, 4) is 11.5 Å². The first-order chi connectivity index (χ1) is 24.8. The Hall–Kier alpha value is -4.89. The maximum atomic E-state index is 14.0. The number of ether oxygens (including phenoxy) is 3. The number of nitrogens with zero attached hydrogens (tertiary/aromatic N) is 1. The van der Waals surface area contributed by atoms with Crippen LogP contribution in [0.3, 0.4) is 0 Å². The van der Waals surface area contributed by atoms with Gasteiger partial charge in [-0.2, -0.15) is 0 Å². The van der Waals surface area contributed by atoms with Crippen molar-refractivity contribution in [2.24, 2.45) is 17.6 Å². The number of likely N-dealkylation sites (tertiary alicyclic amines) is 1. The standard InChI is InChI=1S/C36H54N6O10/c1-6-11-26(31(44)34(47)38-19-28(43)40-29(32(37)45)23-16-24(50-4)18-25(17-23)51-5)39-33(46)27-14-10-15-42(27)35(48)30(22-12-8-7-9-13-22)41-36(49)52-20-21(2)3/h16-18,21-22,26-27,29-30H,6-15,19-20H2,1-5H3,(H2,37,45)(H,38,47)(H,39,46)(H,40,43)(H,41,49). The Kier molecular flexibility index (Phi) is 16.2. The van der Waals surface area contributed by atoms with Crippen LogP contribution in [0, 0.1) is 11.8 Å². The fraction of sp³-hybridized carbons (Fsp3) is 0.639. The molecule has 0 aromatic heterocycles. The zero-order chi connectivity index (χ0) is 38.4. The Balaban J connectivity index is 1.65. The summed E-state index contributed by atoms with van der Waals surface area (Å²) < 4.78 is 15.7. The molecule has 4 atom stereocenters. The van der Waals surface area contributed by atoms with Crippen LogP contribution in [0.2, 0.25) is 0 Å². The maximum Gasteiger partial charge on any atom is 0.407 e. The van der Waals surface area contributed by atoms with Crippen molar-refractivity contribution in [1.29, 1.82) is 0 Å². The number of primary amides is 1. The third-order valence-corrected chi connectivity index (χ3v) is 9.19. The van der Waals surface area contributed by atoms with E-state index in [1.165, 1.54) is 31.3 Å². The van der Waals surface area contributed by atoms with Crippen molar-refractivity contribution >= 4 is 41.4 Å². The molecule has 4 unspecified atom stereocenters. The maximum absolute atomic E-state index is 14.0. The molecular weight excluding hydrogens is 676 g/mol. The van der Waals surface area contributed by atoms with Gasteiger partial charge < -0.3 is 46.1 Å². The van der Waals surface area contributed by atoms with Crippen LogP contribution in [-0.2, 0) is 33.5 Å². The van der Waals surface area contributed by atoms with E-state index < -0.39 is 66.2 Å². The molecule has 0 bridgehead atoms. The highest BCUT2D eigenvalue weighted by molar-refractivity contribution is 6.38. The predicted octanol–water partition coefficient (Wildman–Crippen LogP) is 1.64. The molecule has 1 aromatic carbocycles. The van der Waals surface area contributed by atoms with Gasteiger partial charge in [0.2, 0.25) is 29.4 Å². The Labute approximate surface area is 304 Å². The van der Waals surface area contributed by atoms with E-state index in [-0.39, 0.29) is 36.3 Å². The lowest BCUT2D eigenvalue weighted by Gasteiger charge is -2.34. The van der Waals surface area contributed by atoms with Gasteiger partial charge in [0.25, 0.3) is 5.91 Å². The van der Waals surface area contributed by atoms with E-state index in [0.29, 0.717) is 37.3 Å². The van der Waals surface area contributed by atoms with Crippen LogP contribution in [0.5, 0.6) is 11.5 Å². The number of benzene rings is 1. The fourth-order valence-electron chi connectivity index (χ4n) is 6.50. The topological polar surface area (TPSA) is 225 Å². The molecule has 16 heteroatoms. The van der Waals surface area contributed by atoms with Gasteiger partial charge in [0.1, 0.15) is 29.6 Å². The van der Waals surface area contributed by atoms with Gasteiger partial charge in [-0.15, -0.1) is 0 Å². The summed E-state index contributed by atoms with van der Waals surface area (Å²) in [5.74, 6) is -4.05. The van der Waals surface area contributed by atoms with Crippen LogP contribution >= 0.6 is 0 Å². The summed E-state index contributed by atoms with van der Waals surface area (Å²) in [6, 6.07) is 0.262. The van der Waals surface area contributed by atoms with Crippen molar-refractivity contribution < 1.29 is 47.8 Å². The van der Waals surface area contributed by atoms with E-state index in [1.807, 2.05) is 13.8 Å². The summed E-state index contributed by atoms with van der Waals surface area (Å²) in [6.45, 7) is 5.42. The molecule has 3 rings (SSSR count). The lowest BCUT2D eigenvalue weighted by atomic mass is 9.83. The van der Waals surface area contributed by atoms with Crippen LogP contribution in [-0.4, -0.2) is 98.4 Å². The number of amides is 6. The van der Waals surface area contributed by atoms with Gasteiger partial charge in [0.05, 0.1) is 33.4 Å². The first kappa shape index (κ1) is 41.5. The Morgan fingerprint density at radius 3 is 2.12 bits per heavy atom. The molecule has 1 aliphatic heterocycles. The lowest BCUT2D eigenvalue weighted by molar-refractivity contribution is -0.143. The number of ketones is 1. The van der Waals surface area contributed by atoms with Gasteiger partial charge in [0.15, 0.2) is 0 Å². The van der Waals surface area contributed by atoms with Gasteiger partial charge in [-0.3, -0.25) is 28.8 Å². The highest BCUT2D eigenvalue weighted by Crippen LogP contribution is 2.30. The number of nitrogens with two attached hydrogens (primary N) is 1. The summed E-state index contributed by atoms with van der Waals surface area (Å²) in [5, 5.41) is 10.1. The fourth-order valence-corrected chi connectivity index (χ4v) is 6.50. The van der Waals surface area contributed by atoms with Crippen LogP contribution < -0.4 is 36.5 Å².